The smallest absolute Gasteiger partial charge is 0.140 e. The highest BCUT2D eigenvalue weighted by Crippen LogP contribution is 2.20. The van der Waals surface area contributed by atoms with Gasteiger partial charge in [-0.15, -0.1) is 0 Å². The molecule has 0 saturated heterocycles. The van der Waals surface area contributed by atoms with Crippen LogP contribution in [0.5, 0.6) is 5.75 Å². The van der Waals surface area contributed by atoms with Crippen LogP contribution in [0.1, 0.15) is 25.3 Å². The lowest BCUT2D eigenvalue weighted by Crippen LogP contribution is -2.34. The highest BCUT2D eigenvalue weighted by atomic mass is 16.5. The van der Waals surface area contributed by atoms with Crippen molar-refractivity contribution in [2.24, 2.45) is 10.9 Å². The Morgan fingerprint density at radius 3 is 2.74 bits per heavy atom. The Bertz CT molecular complexity index is 421. The van der Waals surface area contributed by atoms with Crippen molar-refractivity contribution in [3.63, 3.8) is 0 Å². The highest BCUT2D eigenvalue weighted by molar-refractivity contribution is 5.80. The van der Waals surface area contributed by atoms with E-state index in [1.54, 1.807) is 7.11 Å². The number of methoxy groups -OCH3 is 1. The number of hydrogen-bond acceptors (Lipinski definition) is 4. The maximum atomic E-state index is 8.66. The van der Waals surface area contributed by atoms with Crippen LogP contribution < -0.4 is 10.5 Å². The van der Waals surface area contributed by atoms with Gasteiger partial charge in [0.2, 0.25) is 0 Å². The zero-order valence-electron chi connectivity index (χ0n) is 11.8. The lowest BCUT2D eigenvalue weighted by atomic mass is 10.1. The van der Waals surface area contributed by atoms with E-state index in [9.17, 15) is 0 Å². The Morgan fingerprint density at radius 1 is 1.47 bits per heavy atom. The second kappa shape index (κ2) is 7.63. The highest BCUT2D eigenvalue weighted by Gasteiger charge is 2.16. The Kier molecular flexibility index (Phi) is 6.15. The summed E-state index contributed by atoms with van der Waals surface area (Å²) >= 11 is 0. The molecule has 1 atom stereocenters. The predicted molar refractivity (Wildman–Crippen MR) is 76.6 cm³/mol. The molecule has 1 unspecified atom stereocenters. The number of benzene rings is 1. The summed E-state index contributed by atoms with van der Waals surface area (Å²) < 4.78 is 5.35. The van der Waals surface area contributed by atoms with Gasteiger partial charge in [0.15, 0.2) is 0 Å². The van der Waals surface area contributed by atoms with Gasteiger partial charge in [0, 0.05) is 24.6 Å². The molecule has 0 heterocycles. The van der Waals surface area contributed by atoms with Crippen LogP contribution >= 0.6 is 0 Å². The van der Waals surface area contributed by atoms with Crippen molar-refractivity contribution >= 4 is 5.84 Å². The van der Waals surface area contributed by atoms with Gasteiger partial charge < -0.3 is 15.7 Å². The number of oxime groups is 1. The van der Waals surface area contributed by atoms with E-state index in [2.05, 4.69) is 17.0 Å². The molecular formula is C14H23N3O2. The number of amidine groups is 1. The Morgan fingerprint density at radius 2 is 2.16 bits per heavy atom. The van der Waals surface area contributed by atoms with Gasteiger partial charge in [0.05, 0.1) is 7.11 Å². The molecule has 0 aliphatic heterocycles. The molecule has 0 fully saturated rings. The maximum absolute atomic E-state index is 8.66. The fourth-order valence-electron chi connectivity index (χ4n) is 2.13. The van der Waals surface area contributed by atoms with E-state index in [0.29, 0.717) is 6.42 Å². The molecule has 0 aliphatic carbocycles. The van der Waals surface area contributed by atoms with Crippen molar-refractivity contribution in [1.29, 1.82) is 0 Å². The van der Waals surface area contributed by atoms with Crippen molar-refractivity contribution in [3.05, 3.63) is 29.8 Å². The third-order valence-electron chi connectivity index (χ3n) is 3.28. The molecule has 19 heavy (non-hydrogen) atoms. The number of hydrogen-bond donors (Lipinski definition) is 2. The molecule has 0 radical (unpaired) electrons. The van der Waals surface area contributed by atoms with Crippen LogP contribution in [0.2, 0.25) is 0 Å². The molecule has 0 aromatic heterocycles. The predicted octanol–water partition coefficient (Wildman–Crippen LogP) is 2.04. The van der Waals surface area contributed by atoms with Gasteiger partial charge in [-0.05, 0) is 19.5 Å². The van der Waals surface area contributed by atoms with E-state index >= 15 is 0 Å². The van der Waals surface area contributed by atoms with Crippen LogP contribution in [0.15, 0.2) is 29.4 Å². The molecule has 0 aliphatic rings. The summed E-state index contributed by atoms with van der Waals surface area (Å²) in [5, 5.41) is 11.7. The third kappa shape index (κ3) is 4.44. The molecule has 1 aromatic rings. The molecule has 5 nitrogen and oxygen atoms in total. The van der Waals surface area contributed by atoms with E-state index in [-0.39, 0.29) is 11.9 Å². The first-order valence-electron chi connectivity index (χ1n) is 6.40. The summed E-state index contributed by atoms with van der Waals surface area (Å²) in [6.45, 7) is 2.86. The van der Waals surface area contributed by atoms with Crippen molar-refractivity contribution in [2.45, 2.75) is 32.4 Å². The Hall–Kier alpha value is -1.75. The van der Waals surface area contributed by atoms with E-state index in [0.717, 1.165) is 24.3 Å². The van der Waals surface area contributed by atoms with E-state index < -0.39 is 0 Å². The van der Waals surface area contributed by atoms with Gasteiger partial charge in [-0.1, -0.05) is 30.3 Å². The van der Waals surface area contributed by atoms with Gasteiger partial charge in [0.25, 0.3) is 0 Å². The van der Waals surface area contributed by atoms with Crippen LogP contribution in [0.4, 0.5) is 0 Å². The first-order chi connectivity index (χ1) is 9.12. The maximum Gasteiger partial charge on any atom is 0.140 e. The van der Waals surface area contributed by atoms with Crippen molar-refractivity contribution in [3.8, 4) is 5.75 Å². The minimum atomic E-state index is 0.237. The minimum Gasteiger partial charge on any atom is -0.496 e. The number of nitrogens with two attached hydrogens (primary N) is 1. The minimum absolute atomic E-state index is 0.237. The molecule has 1 aromatic carbocycles. The summed E-state index contributed by atoms with van der Waals surface area (Å²) in [6.07, 6.45) is 1.49. The van der Waals surface area contributed by atoms with Gasteiger partial charge in [0.1, 0.15) is 11.6 Å². The first-order valence-corrected chi connectivity index (χ1v) is 6.40. The molecule has 0 saturated carbocycles. The van der Waals surface area contributed by atoms with Gasteiger partial charge in [-0.2, -0.15) is 0 Å². The quantitative estimate of drug-likeness (QED) is 0.342. The normalized spacial score (nSPS) is 13.6. The molecule has 3 N–H and O–H groups in total. The number of nitrogens with zero attached hydrogens (tertiary/aromatic N) is 2. The topological polar surface area (TPSA) is 71.1 Å². The molecule has 5 heteroatoms. The standard InChI is InChI=1S/C14H23N3O2/c1-4-12(9-14(15)16-18)17(2)10-11-7-5-6-8-13(11)19-3/h5-8,12,18H,4,9-10H2,1-3H3,(H2,15,16). The fraction of sp³-hybridized carbons (Fsp3) is 0.500. The summed E-state index contributed by atoms with van der Waals surface area (Å²) in [7, 11) is 3.71. The van der Waals surface area contributed by atoms with E-state index in [4.69, 9.17) is 15.7 Å². The van der Waals surface area contributed by atoms with E-state index in [1.807, 2.05) is 31.3 Å². The van der Waals surface area contributed by atoms with Crippen LogP contribution in [0.3, 0.4) is 0 Å². The van der Waals surface area contributed by atoms with Crippen molar-refractivity contribution in [2.75, 3.05) is 14.2 Å². The number of ether oxygens (including phenoxy) is 1. The SMILES string of the molecule is CCC(C/C(N)=N/O)N(C)Cc1ccccc1OC. The Balaban J connectivity index is 2.73. The monoisotopic (exact) mass is 265 g/mol. The molecule has 106 valence electrons. The molecular weight excluding hydrogens is 242 g/mol. The van der Waals surface area contributed by atoms with Gasteiger partial charge >= 0.3 is 0 Å². The van der Waals surface area contributed by atoms with Crippen LogP contribution in [-0.4, -0.2) is 36.1 Å². The lowest BCUT2D eigenvalue weighted by Gasteiger charge is -2.27. The molecule has 0 bridgehead atoms. The van der Waals surface area contributed by atoms with Crippen molar-refractivity contribution < 1.29 is 9.94 Å². The fourth-order valence-corrected chi connectivity index (χ4v) is 2.13. The number of rotatable bonds is 7. The third-order valence-corrected chi connectivity index (χ3v) is 3.28. The zero-order chi connectivity index (χ0) is 14.3. The zero-order valence-corrected chi connectivity index (χ0v) is 11.8. The average molecular weight is 265 g/mol. The summed E-state index contributed by atoms with van der Waals surface area (Å²) in [6, 6.07) is 8.19. The first kappa shape index (κ1) is 15.3. The second-order valence-corrected chi connectivity index (χ2v) is 4.58. The Labute approximate surface area is 114 Å². The van der Waals surface area contributed by atoms with Gasteiger partial charge in [-0.25, -0.2) is 0 Å². The number of para-hydroxylation sites is 1. The summed E-state index contributed by atoms with van der Waals surface area (Å²) in [5.41, 5.74) is 6.72. The summed E-state index contributed by atoms with van der Waals surface area (Å²) in [4.78, 5) is 2.19. The van der Waals surface area contributed by atoms with Crippen molar-refractivity contribution in [1.82, 2.24) is 4.90 Å². The van der Waals surface area contributed by atoms with Crippen LogP contribution in [-0.2, 0) is 6.54 Å². The molecule has 0 spiro atoms. The average Bonchev–Trinajstić information content (AvgIpc) is 2.44. The summed E-state index contributed by atoms with van der Waals surface area (Å²) in [5.74, 6) is 1.15. The van der Waals surface area contributed by atoms with Gasteiger partial charge in [-0.3, -0.25) is 4.90 Å². The largest absolute Gasteiger partial charge is 0.496 e. The van der Waals surface area contributed by atoms with Crippen LogP contribution in [0, 0.1) is 0 Å². The lowest BCUT2D eigenvalue weighted by molar-refractivity contribution is 0.227. The molecule has 1 rings (SSSR count). The molecule has 0 amide bonds. The van der Waals surface area contributed by atoms with E-state index in [1.165, 1.54) is 0 Å². The second-order valence-electron chi connectivity index (χ2n) is 4.58. The van der Waals surface area contributed by atoms with Crippen LogP contribution in [0.25, 0.3) is 0 Å².